The van der Waals surface area contributed by atoms with Gasteiger partial charge in [0.2, 0.25) is 0 Å². The van der Waals surface area contributed by atoms with Crippen LogP contribution >= 0.6 is 15.9 Å². The molecule has 98 valence electrons. The van der Waals surface area contributed by atoms with Crippen LogP contribution in [0.4, 0.5) is 15.8 Å². The normalized spacial score (nSPS) is 20.6. The number of nitrogens with one attached hydrogen (secondary N) is 1. The minimum absolute atomic E-state index is 0.103. The molecule has 1 aliphatic rings. The fourth-order valence-electron chi connectivity index (χ4n) is 1.99. The van der Waals surface area contributed by atoms with Gasteiger partial charge in [0.1, 0.15) is 11.5 Å². The van der Waals surface area contributed by atoms with Crippen molar-refractivity contribution >= 4 is 27.3 Å². The molecule has 2 rings (SSSR count). The van der Waals surface area contributed by atoms with Crippen LogP contribution < -0.4 is 5.32 Å². The third kappa shape index (κ3) is 2.63. The quantitative estimate of drug-likeness (QED) is 0.675. The Morgan fingerprint density at radius 2 is 2.22 bits per heavy atom. The van der Waals surface area contributed by atoms with E-state index in [2.05, 4.69) is 35.1 Å². The van der Waals surface area contributed by atoms with Crippen LogP contribution in [-0.2, 0) is 0 Å². The Hall–Kier alpha value is -1.17. The van der Waals surface area contributed by atoms with Crippen LogP contribution in [0.15, 0.2) is 16.6 Å². The number of anilines is 1. The van der Waals surface area contributed by atoms with E-state index in [0.717, 1.165) is 12.5 Å². The molecule has 0 amide bonds. The van der Waals surface area contributed by atoms with Crippen molar-refractivity contribution in [2.75, 3.05) is 11.9 Å². The van der Waals surface area contributed by atoms with Gasteiger partial charge in [-0.1, -0.05) is 13.8 Å². The van der Waals surface area contributed by atoms with Gasteiger partial charge in [-0.15, -0.1) is 0 Å². The van der Waals surface area contributed by atoms with Crippen molar-refractivity contribution in [2.45, 2.75) is 20.3 Å². The fraction of sp³-hybridized carbons (Fsp3) is 0.500. The Morgan fingerprint density at radius 1 is 1.61 bits per heavy atom. The lowest BCUT2D eigenvalue weighted by atomic mass is 10.1. The predicted octanol–water partition coefficient (Wildman–Crippen LogP) is 3.95. The van der Waals surface area contributed by atoms with Gasteiger partial charge in [0.15, 0.2) is 0 Å². The van der Waals surface area contributed by atoms with Gasteiger partial charge in [0, 0.05) is 18.7 Å². The standard InChI is InChI=1S/C12H14BrFN2O2/c1-12(2)5-7(12)6-15-10-4-9(14)8(13)3-11(10)16(17)18/h3-4,7,15H,5-6H2,1-2H3. The average molecular weight is 317 g/mol. The van der Waals surface area contributed by atoms with Gasteiger partial charge in [0.05, 0.1) is 9.40 Å². The second-order valence-electron chi connectivity index (χ2n) is 5.31. The summed E-state index contributed by atoms with van der Waals surface area (Å²) in [5.74, 6) is -0.0121. The van der Waals surface area contributed by atoms with Crippen molar-refractivity contribution < 1.29 is 9.31 Å². The molecule has 0 spiro atoms. The summed E-state index contributed by atoms with van der Waals surface area (Å²) in [6, 6.07) is 2.35. The zero-order valence-electron chi connectivity index (χ0n) is 10.2. The molecule has 1 atom stereocenters. The van der Waals surface area contributed by atoms with E-state index in [1.54, 1.807) is 0 Å². The van der Waals surface area contributed by atoms with Crippen LogP contribution in [0.25, 0.3) is 0 Å². The SMILES string of the molecule is CC1(C)CC1CNc1cc(F)c(Br)cc1[N+](=O)[O-]. The maximum atomic E-state index is 13.4. The number of nitro groups is 1. The summed E-state index contributed by atoms with van der Waals surface area (Å²) in [5, 5.41) is 13.9. The third-order valence-corrected chi connectivity index (χ3v) is 4.10. The first kappa shape index (κ1) is 13.3. The van der Waals surface area contributed by atoms with Crippen LogP contribution in [0.1, 0.15) is 20.3 Å². The van der Waals surface area contributed by atoms with Gasteiger partial charge < -0.3 is 5.32 Å². The minimum Gasteiger partial charge on any atom is -0.379 e. The molecule has 4 nitrogen and oxygen atoms in total. The van der Waals surface area contributed by atoms with Crippen molar-refractivity contribution in [1.29, 1.82) is 0 Å². The monoisotopic (exact) mass is 316 g/mol. The Labute approximate surface area is 113 Å². The maximum absolute atomic E-state index is 13.4. The maximum Gasteiger partial charge on any atom is 0.293 e. The molecule has 1 aromatic rings. The molecule has 0 aliphatic heterocycles. The molecule has 0 aromatic heterocycles. The van der Waals surface area contributed by atoms with Crippen LogP contribution in [0, 0.1) is 27.3 Å². The summed E-state index contributed by atoms with van der Waals surface area (Å²) in [5.41, 5.74) is 0.417. The lowest BCUT2D eigenvalue weighted by Gasteiger charge is -2.09. The summed E-state index contributed by atoms with van der Waals surface area (Å²) < 4.78 is 13.5. The highest BCUT2D eigenvalue weighted by atomic mass is 79.9. The molecule has 1 unspecified atom stereocenters. The third-order valence-electron chi connectivity index (χ3n) is 3.49. The van der Waals surface area contributed by atoms with Crippen molar-refractivity contribution in [2.24, 2.45) is 11.3 Å². The van der Waals surface area contributed by atoms with E-state index in [0.29, 0.717) is 12.5 Å². The lowest BCUT2D eigenvalue weighted by molar-refractivity contribution is -0.384. The Kier molecular flexibility index (Phi) is 3.31. The predicted molar refractivity (Wildman–Crippen MR) is 71.1 cm³/mol. The first-order valence-electron chi connectivity index (χ1n) is 5.68. The van der Waals surface area contributed by atoms with Crippen molar-refractivity contribution in [3.63, 3.8) is 0 Å². The highest BCUT2D eigenvalue weighted by Crippen LogP contribution is 2.51. The summed E-state index contributed by atoms with van der Waals surface area (Å²) >= 11 is 2.95. The molecule has 1 fully saturated rings. The Balaban J connectivity index is 2.16. The smallest absolute Gasteiger partial charge is 0.293 e. The average Bonchev–Trinajstić information content (AvgIpc) is 2.87. The topological polar surface area (TPSA) is 55.2 Å². The number of halogens is 2. The number of benzene rings is 1. The number of hydrogen-bond donors (Lipinski definition) is 1. The van der Waals surface area contributed by atoms with Crippen LogP contribution in [0.3, 0.4) is 0 Å². The second-order valence-corrected chi connectivity index (χ2v) is 6.17. The molecule has 1 aliphatic carbocycles. The zero-order chi connectivity index (χ0) is 13.5. The van der Waals surface area contributed by atoms with E-state index >= 15 is 0 Å². The molecule has 0 saturated heterocycles. The van der Waals surface area contributed by atoms with E-state index in [-0.39, 0.29) is 21.3 Å². The molecule has 0 radical (unpaired) electrons. The van der Waals surface area contributed by atoms with E-state index in [4.69, 9.17) is 0 Å². The van der Waals surface area contributed by atoms with E-state index in [9.17, 15) is 14.5 Å². The molecule has 1 N–H and O–H groups in total. The summed E-state index contributed by atoms with van der Waals surface area (Å²) in [7, 11) is 0. The van der Waals surface area contributed by atoms with Crippen molar-refractivity contribution in [3.05, 3.63) is 32.5 Å². The second kappa shape index (κ2) is 4.50. The van der Waals surface area contributed by atoms with Gasteiger partial charge in [-0.05, 0) is 33.7 Å². The van der Waals surface area contributed by atoms with Crippen molar-refractivity contribution in [1.82, 2.24) is 0 Å². The first-order valence-corrected chi connectivity index (χ1v) is 6.48. The van der Waals surface area contributed by atoms with E-state index in [1.165, 1.54) is 6.07 Å². The molecule has 0 bridgehead atoms. The summed E-state index contributed by atoms with van der Waals surface area (Å²) in [4.78, 5) is 10.4. The molecule has 6 heteroatoms. The number of rotatable bonds is 4. The highest BCUT2D eigenvalue weighted by molar-refractivity contribution is 9.10. The van der Waals surface area contributed by atoms with Crippen molar-refractivity contribution in [3.8, 4) is 0 Å². The van der Waals surface area contributed by atoms with Crippen LogP contribution in [-0.4, -0.2) is 11.5 Å². The van der Waals surface area contributed by atoms with Gasteiger partial charge in [-0.2, -0.15) is 0 Å². The van der Waals surface area contributed by atoms with Gasteiger partial charge in [-0.3, -0.25) is 10.1 Å². The van der Waals surface area contributed by atoms with Crippen LogP contribution in [0.5, 0.6) is 0 Å². The minimum atomic E-state index is -0.509. The molecule has 0 heterocycles. The number of nitro benzene ring substituents is 1. The molecular weight excluding hydrogens is 303 g/mol. The highest BCUT2D eigenvalue weighted by Gasteiger charge is 2.45. The Bertz CT molecular complexity index is 505. The van der Waals surface area contributed by atoms with E-state index < -0.39 is 10.7 Å². The van der Waals surface area contributed by atoms with Gasteiger partial charge >= 0.3 is 0 Å². The number of hydrogen-bond acceptors (Lipinski definition) is 3. The largest absolute Gasteiger partial charge is 0.379 e. The number of nitrogens with zero attached hydrogens (tertiary/aromatic N) is 1. The Morgan fingerprint density at radius 3 is 2.72 bits per heavy atom. The van der Waals surface area contributed by atoms with Gasteiger partial charge in [0.25, 0.3) is 5.69 Å². The molecule has 18 heavy (non-hydrogen) atoms. The lowest BCUT2D eigenvalue weighted by Crippen LogP contribution is -2.09. The first-order chi connectivity index (χ1) is 8.31. The molecule has 1 aromatic carbocycles. The molecular formula is C12H14BrFN2O2. The summed E-state index contributed by atoms with van der Waals surface area (Å²) in [6.45, 7) is 4.93. The van der Waals surface area contributed by atoms with Crippen LogP contribution in [0.2, 0.25) is 0 Å². The van der Waals surface area contributed by atoms with E-state index in [1.807, 2.05) is 0 Å². The zero-order valence-corrected chi connectivity index (χ0v) is 11.8. The van der Waals surface area contributed by atoms with Gasteiger partial charge in [-0.25, -0.2) is 4.39 Å². The fourth-order valence-corrected chi connectivity index (χ4v) is 2.32. The summed E-state index contributed by atoms with van der Waals surface area (Å²) in [6.07, 6.45) is 1.09. The molecule has 1 saturated carbocycles.